The molecular weight excluding hydrogens is 254 g/mol. The lowest BCUT2D eigenvalue weighted by Crippen LogP contribution is -2.46. The molecule has 5 nitrogen and oxygen atoms in total. The SMILES string of the molecule is CCNC(c1c(OC)cnn1C)C(CC)(CC)OCC. The smallest absolute Gasteiger partial charge is 0.161 e. The Hall–Kier alpha value is -1.07. The van der Waals surface area contributed by atoms with Crippen LogP contribution in [0.25, 0.3) is 0 Å². The van der Waals surface area contributed by atoms with E-state index in [9.17, 15) is 0 Å². The van der Waals surface area contributed by atoms with Crippen LogP contribution in [0.5, 0.6) is 5.75 Å². The van der Waals surface area contributed by atoms with Crippen LogP contribution in [-0.2, 0) is 11.8 Å². The molecule has 1 heterocycles. The van der Waals surface area contributed by atoms with E-state index in [2.05, 4.69) is 31.2 Å². The summed E-state index contributed by atoms with van der Waals surface area (Å²) in [5, 5.41) is 7.89. The molecule has 0 bridgehead atoms. The first-order chi connectivity index (χ1) is 9.60. The summed E-state index contributed by atoms with van der Waals surface area (Å²) in [5.74, 6) is 0.810. The molecule has 116 valence electrons. The van der Waals surface area contributed by atoms with Crippen LogP contribution in [0.2, 0.25) is 0 Å². The molecule has 1 rings (SSSR count). The van der Waals surface area contributed by atoms with E-state index in [0.29, 0.717) is 6.61 Å². The molecule has 1 N–H and O–H groups in total. The van der Waals surface area contributed by atoms with Gasteiger partial charge in [0.1, 0.15) is 0 Å². The molecule has 0 saturated heterocycles. The highest BCUT2D eigenvalue weighted by Crippen LogP contribution is 2.38. The van der Waals surface area contributed by atoms with Crippen molar-refractivity contribution in [1.29, 1.82) is 0 Å². The second-order valence-corrected chi connectivity index (χ2v) is 4.92. The third-order valence-electron chi connectivity index (χ3n) is 4.01. The maximum atomic E-state index is 6.16. The van der Waals surface area contributed by atoms with Gasteiger partial charge in [-0.15, -0.1) is 0 Å². The van der Waals surface area contributed by atoms with Gasteiger partial charge >= 0.3 is 0 Å². The van der Waals surface area contributed by atoms with Crippen LogP contribution in [0.4, 0.5) is 0 Å². The quantitative estimate of drug-likeness (QED) is 0.757. The predicted molar refractivity (Wildman–Crippen MR) is 81.1 cm³/mol. The number of rotatable bonds is 9. The van der Waals surface area contributed by atoms with Crippen molar-refractivity contribution in [2.75, 3.05) is 20.3 Å². The molecule has 0 spiro atoms. The summed E-state index contributed by atoms with van der Waals surface area (Å²) in [4.78, 5) is 0. The topological polar surface area (TPSA) is 48.3 Å². The van der Waals surface area contributed by atoms with Gasteiger partial charge in [0.05, 0.1) is 30.6 Å². The first-order valence-electron chi connectivity index (χ1n) is 7.53. The standard InChI is InChI=1S/C15H29N3O2/c1-7-15(8-2,20-10-4)14(16-9-3)13-12(19-6)11-17-18(13)5/h11,14,16H,7-10H2,1-6H3. The molecule has 1 unspecified atom stereocenters. The molecule has 1 atom stereocenters. The van der Waals surface area contributed by atoms with Gasteiger partial charge in [0, 0.05) is 13.7 Å². The molecule has 20 heavy (non-hydrogen) atoms. The Labute approximate surface area is 122 Å². The molecule has 0 amide bonds. The van der Waals surface area contributed by atoms with Crippen LogP contribution < -0.4 is 10.1 Å². The minimum Gasteiger partial charge on any atom is -0.493 e. The van der Waals surface area contributed by atoms with Gasteiger partial charge < -0.3 is 14.8 Å². The summed E-state index contributed by atoms with van der Waals surface area (Å²) in [5.41, 5.74) is 0.803. The fraction of sp³-hybridized carbons (Fsp3) is 0.800. The van der Waals surface area contributed by atoms with Gasteiger partial charge in [0.25, 0.3) is 0 Å². The second kappa shape index (κ2) is 7.64. The maximum absolute atomic E-state index is 6.16. The van der Waals surface area contributed by atoms with Gasteiger partial charge in [-0.3, -0.25) is 4.68 Å². The number of methoxy groups -OCH3 is 1. The summed E-state index contributed by atoms with van der Waals surface area (Å²) in [6.45, 7) is 10.1. The maximum Gasteiger partial charge on any atom is 0.161 e. The molecule has 1 aromatic rings. The summed E-state index contributed by atoms with van der Waals surface area (Å²) >= 11 is 0. The van der Waals surface area contributed by atoms with E-state index in [1.807, 2.05) is 18.7 Å². The van der Waals surface area contributed by atoms with Crippen molar-refractivity contribution in [2.45, 2.75) is 52.2 Å². The molecule has 1 aromatic heterocycles. The number of likely N-dealkylation sites (N-methyl/N-ethyl adjacent to an activating group) is 1. The normalized spacial score (nSPS) is 13.5. The lowest BCUT2D eigenvalue weighted by Gasteiger charge is -2.40. The average Bonchev–Trinajstić information content (AvgIpc) is 2.83. The number of nitrogens with zero attached hydrogens (tertiary/aromatic N) is 2. The van der Waals surface area contributed by atoms with Crippen molar-refractivity contribution >= 4 is 0 Å². The number of nitrogens with one attached hydrogen (secondary N) is 1. The molecule has 0 saturated carbocycles. The fourth-order valence-corrected chi connectivity index (χ4v) is 2.88. The molecule has 0 aliphatic heterocycles. The third kappa shape index (κ3) is 3.15. The predicted octanol–water partition coefficient (Wildman–Crippen LogP) is 2.67. The zero-order valence-electron chi connectivity index (χ0n) is 13.7. The third-order valence-corrected chi connectivity index (χ3v) is 4.01. The van der Waals surface area contributed by atoms with E-state index in [-0.39, 0.29) is 11.6 Å². The largest absolute Gasteiger partial charge is 0.493 e. The number of aromatic nitrogens is 2. The van der Waals surface area contributed by atoms with Crippen LogP contribution in [0.15, 0.2) is 6.20 Å². The monoisotopic (exact) mass is 283 g/mol. The van der Waals surface area contributed by atoms with E-state index in [1.54, 1.807) is 13.3 Å². The zero-order valence-corrected chi connectivity index (χ0v) is 13.7. The Bertz CT molecular complexity index is 400. The molecule has 0 aromatic carbocycles. The van der Waals surface area contributed by atoms with E-state index >= 15 is 0 Å². The van der Waals surface area contributed by atoms with Crippen LogP contribution in [0, 0.1) is 0 Å². The van der Waals surface area contributed by atoms with Gasteiger partial charge in [-0.05, 0) is 26.3 Å². The van der Waals surface area contributed by atoms with E-state index in [1.165, 1.54) is 0 Å². The van der Waals surface area contributed by atoms with Crippen LogP contribution >= 0.6 is 0 Å². The number of ether oxygens (including phenoxy) is 2. The van der Waals surface area contributed by atoms with Gasteiger partial charge in [-0.25, -0.2) is 0 Å². The zero-order chi connectivity index (χ0) is 15.2. The molecule has 0 aliphatic carbocycles. The fourth-order valence-electron chi connectivity index (χ4n) is 2.88. The van der Waals surface area contributed by atoms with Crippen LogP contribution in [0.1, 0.15) is 52.3 Å². The van der Waals surface area contributed by atoms with Crippen molar-refractivity contribution in [1.82, 2.24) is 15.1 Å². The Morgan fingerprint density at radius 3 is 2.40 bits per heavy atom. The summed E-state index contributed by atoms with van der Waals surface area (Å²) in [6.07, 6.45) is 3.63. The minimum atomic E-state index is -0.244. The van der Waals surface area contributed by atoms with Gasteiger partial charge in [0.2, 0.25) is 0 Å². The summed E-state index contributed by atoms with van der Waals surface area (Å²) in [7, 11) is 3.63. The highest BCUT2D eigenvalue weighted by molar-refractivity contribution is 5.30. The molecule has 0 radical (unpaired) electrons. The first-order valence-corrected chi connectivity index (χ1v) is 7.53. The van der Waals surface area contributed by atoms with Crippen LogP contribution in [0.3, 0.4) is 0 Å². The van der Waals surface area contributed by atoms with Gasteiger partial charge in [0.15, 0.2) is 5.75 Å². The number of hydrogen-bond acceptors (Lipinski definition) is 4. The van der Waals surface area contributed by atoms with E-state index < -0.39 is 0 Å². The number of aryl methyl sites for hydroxylation is 1. The van der Waals surface area contributed by atoms with Crippen molar-refractivity contribution in [3.05, 3.63) is 11.9 Å². The Kier molecular flexibility index (Phi) is 6.49. The van der Waals surface area contributed by atoms with Crippen LogP contribution in [-0.4, -0.2) is 35.6 Å². The summed E-state index contributed by atoms with van der Waals surface area (Å²) in [6, 6.07) is 0.0601. The average molecular weight is 283 g/mol. The highest BCUT2D eigenvalue weighted by Gasteiger charge is 2.40. The molecular formula is C15H29N3O2. The number of hydrogen-bond donors (Lipinski definition) is 1. The van der Waals surface area contributed by atoms with E-state index in [0.717, 1.165) is 30.8 Å². The first kappa shape index (κ1) is 17.0. The van der Waals surface area contributed by atoms with E-state index in [4.69, 9.17) is 9.47 Å². The van der Waals surface area contributed by atoms with Crippen molar-refractivity contribution in [3.8, 4) is 5.75 Å². The lowest BCUT2D eigenvalue weighted by molar-refractivity contribution is -0.0750. The minimum absolute atomic E-state index is 0.0601. The van der Waals surface area contributed by atoms with Crippen molar-refractivity contribution < 1.29 is 9.47 Å². The Balaban J connectivity index is 3.30. The lowest BCUT2D eigenvalue weighted by atomic mass is 9.85. The van der Waals surface area contributed by atoms with Gasteiger partial charge in [-0.2, -0.15) is 5.10 Å². The van der Waals surface area contributed by atoms with Crippen molar-refractivity contribution in [2.24, 2.45) is 7.05 Å². The highest BCUT2D eigenvalue weighted by atomic mass is 16.5. The molecule has 0 fully saturated rings. The second-order valence-electron chi connectivity index (χ2n) is 4.92. The molecule has 0 aliphatic rings. The summed E-state index contributed by atoms with van der Waals surface area (Å²) < 4.78 is 13.5. The Morgan fingerprint density at radius 1 is 1.30 bits per heavy atom. The Morgan fingerprint density at radius 2 is 1.95 bits per heavy atom. The molecule has 5 heteroatoms. The van der Waals surface area contributed by atoms with Crippen molar-refractivity contribution in [3.63, 3.8) is 0 Å². The van der Waals surface area contributed by atoms with Gasteiger partial charge in [-0.1, -0.05) is 20.8 Å².